The van der Waals surface area contributed by atoms with E-state index in [0.717, 1.165) is 17.3 Å². The van der Waals surface area contributed by atoms with Gasteiger partial charge in [-0.3, -0.25) is 0 Å². The molecule has 0 N–H and O–H groups in total. The lowest BCUT2D eigenvalue weighted by Gasteiger charge is -2.22. The Balaban J connectivity index is 2.15. The molecule has 84 valence electrons. The summed E-state index contributed by atoms with van der Waals surface area (Å²) in [4.78, 5) is 1.82. The summed E-state index contributed by atoms with van der Waals surface area (Å²) in [6.45, 7) is 0.599. The standard InChI is InChI=1S/C12H12BrFN2/c1-16(8-12(7-15)4-5-12)11-3-2-9(13)6-10(11)14/h2-3,6H,4-5,8H2,1H3. The van der Waals surface area contributed by atoms with Crippen LogP contribution in [0.4, 0.5) is 10.1 Å². The third-order valence-electron chi connectivity index (χ3n) is 2.95. The van der Waals surface area contributed by atoms with E-state index < -0.39 is 0 Å². The predicted octanol–water partition coefficient (Wildman–Crippen LogP) is 3.33. The van der Waals surface area contributed by atoms with Crippen LogP contribution in [-0.4, -0.2) is 13.6 Å². The van der Waals surface area contributed by atoms with Gasteiger partial charge in [0, 0.05) is 18.1 Å². The molecule has 0 bridgehead atoms. The summed E-state index contributed by atoms with van der Waals surface area (Å²) < 4.78 is 14.4. The van der Waals surface area contributed by atoms with Crippen molar-refractivity contribution < 1.29 is 4.39 Å². The number of anilines is 1. The van der Waals surface area contributed by atoms with E-state index in [0.29, 0.717) is 12.2 Å². The topological polar surface area (TPSA) is 27.0 Å². The molecule has 1 aliphatic rings. The minimum Gasteiger partial charge on any atom is -0.371 e. The molecule has 1 fully saturated rings. The van der Waals surface area contributed by atoms with Crippen LogP contribution in [0.1, 0.15) is 12.8 Å². The second-order valence-corrected chi connectivity index (χ2v) is 5.26. The molecule has 0 unspecified atom stereocenters. The van der Waals surface area contributed by atoms with E-state index in [9.17, 15) is 4.39 Å². The lowest BCUT2D eigenvalue weighted by Crippen LogP contribution is -2.26. The third-order valence-corrected chi connectivity index (χ3v) is 3.44. The van der Waals surface area contributed by atoms with E-state index in [1.807, 2.05) is 11.9 Å². The number of hydrogen-bond donors (Lipinski definition) is 0. The largest absolute Gasteiger partial charge is 0.371 e. The van der Waals surface area contributed by atoms with Crippen molar-refractivity contribution in [1.82, 2.24) is 0 Å². The Morgan fingerprint density at radius 3 is 2.75 bits per heavy atom. The Bertz CT molecular complexity index is 449. The highest BCUT2D eigenvalue weighted by atomic mass is 79.9. The first kappa shape index (κ1) is 11.4. The molecule has 2 nitrogen and oxygen atoms in total. The Hall–Kier alpha value is -1.08. The first-order chi connectivity index (χ1) is 7.56. The fourth-order valence-electron chi connectivity index (χ4n) is 1.79. The molecule has 0 radical (unpaired) electrons. The quantitative estimate of drug-likeness (QED) is 0.850. The lowest BCUT2D eigenvalue weighted by molar-refractivity contribution is 0.603. The first-order valence-electron chi connectivity index (χ1n) is 5.14. The molecule has 16 heavy (non-hydrogen) atoms. The molecule has 2 rings (SSSR count). The Morgan fingerprint density at radius 1 is 1.56 bits per heavy atom. The van der Waals surface area contributed by atoms with Crippen LogP contribution in [-0.2, 0) is 0 Å². The normalized spacial score (nSPS) is 16.6. The van der Waals surface area contributed by atoms with Crippen molar-refractivity contribution in [2.75, 3.05) is 18.5 Å². The summed E-state index contributed by atoms with van der Waals surface area (Å²) in [6.07, 6.45) is 1.85. The predicted molar refractivity (Wildman–Crippen MR) is 64.7 cm³/mol. The number of nitriles is 1. The zero-order valence-electron chi connectivity index (χ0n) is 9.00. The molecule has 0 atom stereocenters. The van der Waals surface area contributed by atoms with E-state index in [-0.39, 0.29) is 11.2 Å². The molecule has 0 heterocycles. The van der Waals surface area contributed by atoms with Crippen LogP contribution in [0.5, 0.6) is 0 Å². The van der Waals surface area contributed by atoms with Gasteiger partial charge in [0.15, 0.2) is 0 Å². The molecular formula is C12H12BrFN2. The lowest BCUT2D eigenvalue weighted by atomic mass is 10.1. The Morgan fingerprint density at radius 2 is 2.25 bits per heavy atom. The molecule has 0 spiro atoms. The first-order valence-corrected chi connectivity index (χ1v) is 5.93. The summed E-state index contributed by atoms with van der Waals surface area (Å²) in [5.74, 6) is -0.259. The highest BCUT2D eigenvalue weighted by Gasteiger charge is 2.44. The van der Waals surface area contributed by atoms with Gasteiger partial charge in [-0.05, 0) is 31.0 Å². The molecule has 1 saturated carbocycles. The molecule has 4 heteroatoms. The highest BCUT2D eigenvalue weighted by molar-refractivity contribution is 9.10. The van der Waals surface area contributed by atoms with Crippen LogP contribution in [0, 0.1) is 22.6 Å². The maximum atomic E-state index is 13.6. The summed E-state index contributed by atoms with van der Waals surface area (Å²) in [5, 5.41) is 8.99. The fraction of sp³-hybridized carbons (Fsp3) is 0.417. The number of halogens is 2. The van der Waals surface area contributed by atoms with Gasteiger partial charge in [-0.2, -0.15) is 5.26 Å². The van der Waals surface area contributed by atoms with Gasteiger partial charge in [-0.1, -0.05) is 15.9 Å². The molecule has 1 aromatic rings. The number of nitrogens with zero attached hydrogens (tertiary/aromatic N) is 2. The zero-order chi connectivity index (χ0) is 11.8. The van der Waals surface area contributed by atoms with Crippen LogP contribution in [0.3, 0.4) is 0 Å². The van der Waals surface area contributed by atoms with Crippen molar-refractivity contribution >= 4 is 21.6 Å². The van der Waals surface area contributed by atoms with Crippen molar-refractivity contribution in [3.05, 3.63) is 28.5 Å². The van der Waals surface area contributed by atoms with Crippen LogP contribution in [0.25, 0.3) is 0 Å². The van der Waals surface area contributed by atoms with E-state index >= 15 is 0 Å². The van der Waals surface area contributed by atoms with Crippen molar-refractivity contribution in [2.24, 2.45) is 5.41 Å². The van der Waals surface area contributed by atoms with Gasteiger partial charge >= 0.3 is 0 Å². The summed E-state index contributed by atoms with van der Waals surface area (Å²) in [5.41, 5.74) is 0.304. The van der Waals surface area contributed by atoms with Crippen LogP contribution in [0.2, 0.25) is 0 Å². The average Bonchev–Trinajstić information content (AvgIpc) is 2.98. The smallest absolute Gasteiger partial charge is 0.147 e. The fourth-order valence-corrected chi connectivity index (χ4v) is 2.12. The molecule has 1 aliphatic carbocycles. The number of benzene rings is 1. The minimum absolute atomic E-state index is 0.242. The monoisotopic (exact) mass is 282 g/mol. The zero-order valence-corrected chi connectivity index (χ0v) is 10.6. The van der Waals surface area contributed by atoms with Gasteiger partial charge in [0.05, 0.1) is 17.2 Å². The van der Waals surface area contributed by atoms with E-state index in [1.54, 1.807) is 12.1 Å². The summed E-state index contributed by atoms with van der Waals surface area (Å²) in [6, 6.07) is 7.29. The van der Waals surface area contributed by atoms with E-state index in [2.05, 4.69) is 22.0 Å². The minimum atomic E-state index is -0.259. The van der Waals surface area contributed by atoms with Crippen molar-refractivity contribution in [2.45, 2.75) is 12.8 Å². The van der Waals surface area contributed by atoms with Gasteiger partial charge in [0.2, 0.25) is 0 Å². The van der Waals surface area contributed by atoms with Crippen molar-refractivity contribution in [3.63, 3.8) is 0 Å². The van der Waals surface area contributed by atoms with Crippen LogP contribution in [0.15, 0.2) is 22.7 Å². The van der Waals surface area contributed by atoms with Crippen LogP contribution < -0.4 is 4.90 Å². The van der Waals surface area contributed by atoms with Crippen LogP contribution >= 0.6 is 15.9 Å². The van der Waals surface area contributed by atoms with Gasteiger partial charge in [0.25, 0.3) is 0 Å². The highest BCUT2D eigenvalue weighted by Crippen LogP contribution is 2.45. The maximum absolute atomic E-state index is 13.6. The third kappa shape index (κ3) is 2.19. The summed E-state index contributed by atoms with van der Waals surface area (Å²) in [7, 11) is 1.82. The van der Waals surface area contributed by atoms with Crippen molar-refractivity contribution in [3.8, 4) is 6.07 Å². The second kappa shape index (κ2) is 4.06. The SMILES string of the molecule is CN(CC1(C#N)CC1)c1ccc(Br)cc1F. The van der Waals surface area contributed by atoms with Gasteiger partial charge in [-0.25, -0.2) is 4.39 Å². The molecule has 1 aromatic carbocycles. The molecule has 0 amide bonds. The summed E-state index contributed by atoms with van der Waals surface area (Å²) >= 11 is 3.22. The maximum Gasteiger partial charge on any atom is 0.147 e. The van der Waals surface area contributed by atoms with E-state index in [1.165, 1.54) is 6.07 Å². The van der Waals surface area contributed by atoms with Crippen molar-refractivity contribution in [1.29, 1.82) is 5.26 Å². The molecular weight excluding hydrogens is 271 g/mol. The molecule has 0 aliphatic heterocycles. The number of rotatable bonds is 3. The van der Waals surface area contributed by atoms with E-state index in [4.69, 9.17) is 5.26 Å². The molecule has 0 aromatic heterocycles. The average molecular weight is 283 g/mol. The van der Waals surface area contributed by atoms with Gasteiger partial charge < -0.3 is 4.90 Å². The Kier molecular flexibility index (Phi) is 2.90. The van der Waals surface area contributed by atoms with Gasteiger partial charge in [0.1, 0.15) is 5.82 Å². The Labute approximate surface area is 103 Å². The number of hydrogen-bond acceptors (Lipinski definition) is 2. The van der Waals surface area contributed by atoms with Gasteiger partial charge in [-0.15, -0.1) is 0 Å². The molecule has 0 saturated heterocycles. The second-order valence-electron chi connectivity index (χ2n) is 4.34.